The molecule has 9 heteroatoms. The summed E-state index contributed by atoms with van der Waals surface area (Å²) in [5, 5.41) is 2.86. The summed E-state index contributed by atoms with van der Waals surface area (Å²) in [7, 11) is -2.75. The standard InChI is InChI=1S/C33H35N3O5S/c1-3-34-33(38)30(23-26-15-7-4-8-16-26)35(24-27-17-9-5-10-18-27)32(37)25-36(29-21-13-14-22-31(29)41-2)42(39,40)28-19-11-6-12-20-28/h4-22,30H,3,23-25H2,1-2H3,(H,34,38)/t30-/m0/s1. The minimum absolute atomic E-state index is 0.0304. The first-order chi connectivity index (χ1) is 20.3. The maximum Gasteiger partial charge on any atom is 0.264 e. The van der Waals surface area contributed by atoms with E-state index in [0.717, 1.165) is 15.4 Å². The van der Waals surface area contributed by atoms with Crippen molar-refractivity contribution in [1.82, 2.24) is 10.2 Å². The van der Waals surface area contributed by atoms with E-state index in [2.05, 4.69) is 5.32 Å². The van der Waals surface area contributed by atoms with Gasteiger partial charge in [-0.25, -0.2) is 8.42 Å². The van der Waals surface area contributed by atoms with Crippen LogP contribution in [0.15, 0.2) is 120 Å². The maximum absolute atomic E-state index is 14.3. The first-order valence-corrected chi connectivity index (χ1v) is 15.1. The zero-order valence-electron chi connectivity index (χ0n) is 23.7. The van der Waals surface area contributed by atoms with Crippen molar-refractivity contribution in [3.05, 3.63) is 126 Å². The summed E-state index contributed by atoms with van der Waals surface area (Å²) in [4.78, 5) is 29.3. The molecule has 0 aliphatic rings. The van der Waals surface area contributed by atoms with Crippen molar-refractivity contribution in [2.75, 3.05) is 24.5 Å². The molecule has 0 aromatic heterocycles. The number of rotatable bonds is 13. The highest BCUT2D eigenvalue weighted by Gasteiger charge is 2.35. The van der Waals surface area contributed by atoms with Crippen LogP contribution in [0.1, 0.15) is 18.1 Å². The van der Waals surface area contributed by atoms with Crippen LogP contribution in [-0.2, 0) is 32.6 Å². The van der Waals surface area contributed by atoms with Crippen LogP contribution in [-0.4, -0.2) is 51.4 Å². The molecular formula is C33H35N3O5S. The first kappa shape index (κ1) is 30.3. The molecule has 8 nitrogen and oxygen atoms in total. The van der Waals surface area contributed by atoms with E-state index in [0.29, 0.717) is 12.3 Å². The minimum atomic E-state index is -4.20. The fourth-order valence-corrected chi connectivity index (χ4v) is 6.14. The second-order valence-electron chi connectivity index (χ2n) is 9.60. The van der Waals surface area contributed by atoms with E-state index < -0.39 is 28.5 Å². The average Bonchev–Trinajstić information content (AvgIpc) is 3.03. The lowest BCUT2D eigenvalue weighted by molar-refractivity contribution is -0.140. The van der Waals surface area contributed by atoms with Crippen molar-refractivity contribution >= 4 is 27.5 Å². The van der Waals surface area contributed by atoms with Gasteiger partial charge in [-0.1, -0.05) is 91.0 Å². The van der Waals surface area contributed by atoms with Gasteiger partial charge in [0, 0.05) is 19.5 Å². The van der Waals surface area contributed by atoms with Crippen molar-refractivity contribution in [2.45, 2.75) is 30.8 Å². The van der Waals surface area contributed by atoms with Crippen LogP contribution < -0.4 is 14.4 Å². The Labute approximate surface area is 247 Å². The van der Waals surface area contributed by atoms with Gasteiger partial charge in [0.2, 0.25) is 11.8 Å². The molecule has 218 valence electrons. The first-order valence-electron chi connectivity index (χ1n) is 13.7. The summed E-state index contributed by atoms with van der Waals surface area (Å²) in [6.45, 7) is 1.76. The Morgan fingerprint density at radius 1 is 0.786 bits per heavy atom. The highest BCUT2D eigenvalue weighted by Crippen LogP contribution is 2.32. The Balaban J connectivity index is 1.80. The lowest BCUT2D eigenvalue weighted by atomic mass is 10.0. The second kappa shape index (κ2) is 14.3. The molecule has 0 unspecified atom stereocenters. The predicted octanol–water partition coefficient (Wildman–Crippen LogP) is 4.67. The fourth-order valence-electron chi connectivity index (χ4n) is 4.69. The van der Waals surface area contributed by atoms with Crippen molar-refractivity contribution < 1.29 is 22.7 Å². The summed E-state index contributed by atoms with van der Waals surface area (Å²) in [6, 6.07) is 32.5. The van der Waals surface area contributed by atoms with Gasteiger partial charge in [0.1, 0.15) is 18.3 Å². The number of nitrogens with zero attached hydrogens (tertiary/aromatic N) is 2. The Morgan fingerprint density at radius 3 is 1.93 bits per heavy atom. The van der Waals surface area contributed by atoms with Gasteiger partial charge in [-0.2, -0.15) is 0 Å². The number of hydrogen-bond donors (Lipinski definition) is 1. The third-order valence-electron chi connectivity index (χ3n) is 6.78. The van der Waals surface area contributed by atoms with Crippen LogP contribution in [0.2, 0.25) is 0 Å². The molecule has 1 atom stereocenters. The quantitative estimate of drug-likeness (QED) is 0.246. The molecule has 4 aromatic carbocycles. The molecule has 0 saturated carbocycles. The van der Waals surface area contributed by atoms with E-state index in [9.17, 15) is 18.0 Å². The number of sulfonamides is 1. The molecule has 4 aromatic rings. The van der Waals surface area contributed by atoms with Crippen LogP contribution in [0, 0.1) is 0 Å². The number of carbonyl (C=O) groups is 2. The van der Waals surface area contributed by atoms with Crippen LogP contribution in [0.5, 0.6) is 5.75 Å². The lowest BCUT2D eigenvalue weighted by Gasteiger charge is -2.34. The number of ether oxygens (including phenoxy) is 1. The molecule has 0 heterocycles. The maximum atomic E-state index is 14.3. The Bertz CT molecular complexity index is 1570. The zero-order chi connectivity index (χ0) is 30.0. The molecular weight excluding hydrogens is 550 g/mol. The van der Waals surface area contributed by atoms with Gasteiger partial charge in [0.15, 0.2) is 0 Å². The van der Waals surface area contributed by atoms with E-state index in [1.807, 2.05) is 67.6 Å². The molecule has 1 N–H and O–H groups in total. The largest absolute Gasteiger partial charge is 0.495 e. The molecule has 0 bridgehead atoms. The number of anilines is 1. The third-order valence-corrected chi connectivity index (χ3v) is 8.56. The van der Waals surface area contributed by atoms with Gasteiger partial charge in [0.05, 0.1) is 17.7 Å². The SMILES string of the molecule is CCNC(=O)[C@H](Cc1ccccc1)N(Cc1ccccc1)C(=O)CN(c1ccccc1OC)S(=O)(=O)c1ccccc1. The molecule has 42 heavy (non-hydrogen) atoms. The molecule has 0 aliphatic heterocycles. The molecule has 4 rings (SSSR count). The van der Waals surface area contributed by atoms with E-state index in [1.54, 1.807) is 42.5 Å². The highest BCUT2D eigenvalue weighted by molar-refractivity contribution is 7.92. The van der Waals surface area contributed by atoms with E-state index >= 15 is 0 Å². The van der Waals surface area contributed by atoms with Gasteiger partial charge < -0.3 is 15.0 Å². The number of benzene rings is 4. The van der Waals surface area contributed by atoms with Gasteiger partial charge in [0.25, 0.3) is 10.0 Å². The number of para-hydroxylation sites is 2. The van der Waals surface area contributed by atoms with E-state index in [-0.39, 0.29) is 29.5 Å². The minimum Gasteiger partial charge on any atom is -0.495 e. The third kappa shape index (κ3) is 7.36. The van der Waals surface area contributed by atoms with Crippen molar-refractivity contribution in [1.29, 1.82) is 0 Å². The molecule has 0 radical (unpaired) electrons. The van der Waals surface area contributed by atoms with E-state index in [4.69, 9.17) is 4.74 Å². The molecule has 2 amide bonds. The molecule has 0 aliphatic carbocycles. The molecule has 0 saturated heterocycles. The summed E-state index contributed by atoms with van der Waals surface area (Å²) < 4.78 is 34.6. The monoisotopic (exact) mass is 585 g/mol. The number of methoxy groups -OCH3 is 1. The van der Waals surface area contributed by atoms with Crippen molar-refractivity contribution in [2.24, 2.45) is 0 Å². The lowest BCUT2D eigenvalue weighted by Crippen LogP contribution is -2.53. The van der Waals surface area contributed by atoms with Crippen LogP contribution in [0.3, 0.4) is 0 Å². The Morgan fingerprint density at radius 2 is 1.33 bits per heavy atom. The van der Waals surface area contributed by atoms with Crippen LogP contribution in [0.25, 0.3) is 0 Å². The zero-order valence-corrected chi connectivity index (χ0v) is 24.5. The number of carbonyl (C=O) groups excluding carboxylic acids is 2. The van der Waals surface area contributed by atoms with Crippen LogP contribution in [0.4, 0.5) is 5.69 Å². The summed E-state index contributed by atoms with van der Waals surface area (Å²) in [5.74, 6) is -0.555. The summed E-state index contributed by atoms with van der Waals surface area (Å²) >= 11 is 0. The number of nitrogens with one attached hydrogen (secondary N) is 1. The van der Waals surface area contributed by atoms with Gasteiger partial charge >= 0.3 is 0 Å². The summed E-state index contributed by atoms with van der Waals surface area (Å²) in [6.07, 6.45) is 0.255. The second-order valence-corrected chi connectivity index (χ2v) is 11.5. The smallest absolute Gasteiger partial charge is 0.264 e. The Hall–Kier alpha value is -4.63. The van der Waals surface area contributed by atoms with E-state index in [1.165, 1.54) is 24.1 Å². The fraction of sp³-hybridized carbons (Fsp3) is 0.212. The van der Waals surface area contributed by atoms with Crippen LogP contribution >= 0.6 is 0 Å². The number of amides is 2. The molecule has 0 fully saturated rings. The normalized spacial score (nSPS) is 11.8. The van der Waals surface area contributed by atoms with Gasteiger partial charge in [-0.05, 0) is 42.3 Å². The number of hydrogen-bond acceptors (Lipinski definition) is 5. The van der Waals surface area contributed by atoms with Crippen molar-refractivity contribution in [3.63, 3.8) is 0 Å². The van der Waals surface area contributed by atoms with Gasteiger partial charge in [-0.3, -0.25) is 13.9 Å². The Kier molecular flexibility index (Phi) is 10.3. The molecule has 0 spiro atoms. The summed E-state index contributed by atoms with van der Waals surface area (Å²) in [5.41, 5.74) is 1.90. The topological polar surface area (TPSA) is 96.0 Å². The van der Waals surface area contributed by atoms with Crippen molar-refractivity contribution in [3.8, 4) is 5.75 Å². The van der Waals surface area contributed by atoms with Gasteiger partial charge in [-0.15, -0.1) is 0 Å². The highest BCUT2D eigenvalue weighted by atomic mass is 32.2. The number of likely N-dealkylation sites (N-methyl/N-ethyl adjacent to an activating group) is 1. The average molecular weight is 586 g/mol. The predicted molar refractivity (Wildman–Crippen MR) is 164 cm³/mol.